The molecule has 208 valence electrons. The fourth-order valence-corrected chi connectivity index (χ4v) is 7.15. The Morgan fingerprint density at radius 2 is 1.92 bits per heavy atom. The monoisotopic (exact) mass is 545 g/mol. The summed E-state index contributed by atoms with van der Waals surface area (Å²) >= 11 is 0. The molecule has 11 heteroatoms. The Balaban J connectivity index is 1.56. The van der Waals surface area contributed by atoms with Gasteiger partial charge in [-0.25, -0.2) is 13.1 Å². The van der Waals surface area contributed by atoms with Crippen LogP contribution in [0.4, 0.5) is 0 Å². The molecule has 2 aliphatic carbocycles. The highest BCUT2D eigenvalue weighted by molar-refractivity contribution is 7.88. The quantitative estimate of drug-likeness (QED) is 0.469. The highest BCUT2D eigenvalue weighted by Crippen LogP contribution is 2.65. The second-order valence-corrected chi connectivity index (χ2v) is 14.6. The zero-order chi connectivity index (χ0) is 28.2. The molecule has 1 aliphatic heterocycles. The SMILES string of the molecule is CC(C)(C)[C@H](NS(C)(=O)=O)C(=O)N1C[C@H]2[C@@H]([C@H]1C(=O)NC(C#N)Cc1cc3c([nH]c1=O)CCCC3)C2(C)C. The molecule has 0 aromatic carbocycles. The minimum absolute atomic E-state index is 0.0588. The molecule has 3 N–H and O–H groups in total. The van der Waals surface area contributed by atoms with E-state index in [1.807, 2.05) is 6.07 Å². The first-order valence-corrected chi connectivity index (χ1v) is 15.2. The normalized spacial score (nSPS) is 25.5. The molecule has 1 saturated heterocycles. The van der Waals surface area contributed by atoms with Crippen molar-refractivity contribution in [1.82, 2.24) is 19.9 Å². The first kappa shape index (κ1) is 28.3. The maximum absolute atomic E-state index is 13.7. The molecular weight excluding hydrogens is 506 g/mol. The summed E-state index contributed by atoms with van der Waals surface area (Å²) in [7, 11) is -3.69. The molecule has 1 saturated carbocycles. The highest BCUT2D eigenvalue weighted by atomic mass is 32.2. The number of nitrogens with one attached hydrogen (secondary N) is 3. The van der Waals surface area contributed by atoms with Crippen LogP contribution in [0.2, 0.25) is 0 Å². The number of nitriles is 1. The molecule has 2 fully saturated rings. The Kier molecular flexibility index (Phi) is 7.29. The predicted molar refractivity (Wildman–Crippen MR) is 142 cm³/mol. The highest BCUT2D eigenvalue weighted by Gasteiger charge is 2.69. The van der Waals surface area contributed by atoms with Crippen molar-refractivity contribution in [1.29, 1.82) is 5.26 Å². The van der Waals surface area contributed by atoms with E-state index in [4.69, 9.17) is 0 Å². The largest absolute Gasteiger partial charge is 0.338 e. The molecule has 5 atom stereocenters. The van der Waals surface area contributed by atoms with Crippen LogP contribution in [-0.2, 0) is 38.9 Å². The number of carbonyl (C=O) groups excluding carboxylic acids is 2. The molecule has 1 aromatic rings. The van der Waals surface area contributed by atoms with Crippen LogP contribution in [0.5, 0.6) is 0 Å². The van der Waals surface area contributed by atoms with E-state index in [2.05, 4.69) is 34.9 Å². The van der Waals surface area contributed by atoms with Crippen molar-refractivity contribution in [3.63, 3.8) is 0 Å². The lowest BCUT2D eigenvalue weighted by Crippen LogP contribution is -2.59. The van der Waals surface area contributed by atoms with Gasteiger partial charge in [0, 0.05) is 24.2 Å². The second kappa shape index (κ2) is 9.79. The zero-order valence-electron chi connectivity index (χ0n) is 23.1. The van der Waals surface area contributed by atoms with Gasteiger partial charge in [0.2, 0.25) is 21.8 Å². The number of nitrogens with zero attached hydrogens (tertiary/aromatic N) is 2. The van der Waals surface area contributed by atoms with Crippen LogP contribution in [0.25, 0.3) is 0 Å². The van der Waals surface area contributed by atoms with Crippen molar-refractivity contribution in [3.8, 4) is 6.07 Å². The smallest absolute Gasteiger partial charge is 0.251 e. The lowest BCUT2D eigenvalue weighted by Gasteiger charge is -2.37. The molecule has 0 bridgehead atoms. The minimum atomic E-state index is -3.69. The molecule has 0 radical (unpaired) electrons. The number of fused-ring (bicyclic) bond motifs is 2. The molecular formula is C27H39N5O5S. The summed E-state index contributed by atoms with van der Waals surface area (Å²) in [5, 5.41) is 12.6. The first-order valence-electron chi connectivity index (χ1n) is 13.3. The van der Waals surface area contributed by atoms with E-state index in [0.717, 1.165) is 43.2 Å². The van der Waals surface area contributed by atoms with Gasteiger partial charge in [0.25, 0.3) is 5.56 Å². The van der Waals surface area contributed by atoms with Crippen LogP contribution in [0.15, 0.2) is 10.9 Å². The minimum Gasteiger partial charge on any atom is -0.338 e. The summed E-state index contributed by atoms with van der Waals surface area (Å²) in [6.07, 6.45) is 4.85. The second-order valence-electron chi connectivity index (χ2n) is 12.8. The molecule has 4 rings (SSSR count). The van der Waals surface area contributed by atoms with E-state index in [1.54, 1.807) is 20.8 Å². The third-order valence-electron chi connectivity index (χ3n) is 8.52. The number of pyridine rings is 1. The summed E-state index contributed by atoms with van der Waals surface area (Å²) < 4.78 is 26.6. The maximum Gasteiger partial charge on any atom is 0.251 e. The summed E-state index contributed by atoms with van der Waals surface area (Å²) in [5.41, 5.74) is 1.34. The Morgan fingerprint density at radius 1 is 1.26 bits per heavy atom. The van der Waals surface area contributed by atoms with Crippen molar-refractivity contribution < 1.29 is 18.0 Å². The Bertz CT molecular complexity index is 1340. The third kappa shape index (κ3) is 5.52. The molecule has 3 aliphatic rings. The van der Waals surface area contributed by atoms with Gasteiger partial charge in [0.05, 0.1) is 12.3 Å². The lowest BCUT2D eigenvalue weighted by atomic mass is 9.86. The fourth-order valence-electron chi connectivity index (χ4n) is 6.27. The van der Waals surface area contributed by atoms with Gasteiger partial charge in [-0.1, -0.05) is 34.6 Å². The Morgan fingerprint density at radius 3 is 2.53 bits per heavy atom. The summed E-state index contributed by atoms with van der Waals surface area (Å²) in [5.74, 6) is -0.906. The van der Waals surface area contributed by atoms with Crippen molar-refractivity contribution in [2.75, 3.05) is 12.8 Å². The Labute approximate surface area is 224 Å². The average molecular weight is 546 g/mol. The maximum atomic E-state index is 13.7. The standard InChI is InChI=1S/C27H39N5O5S/c1-26(2,3)22(31-38(6,36)37)25(35)32-14-18-20(27(18,4)5)21(32)24(34)29-17(13-28)12-16-11-15-9-7-8-10-19(15)30-23(16)33/h11,17-18,20-22,31H,7-10,12,14H2,1-6H3,(H,29,34)(H,30,33)/t17?,18-,20-,21-,22+/m0/s1. The number of amides is 2. The number of carbonyl (C=O) groups is 2. The lowest BCUT2D eigenvalue weighted by molar-refractivity contribution is -0.143. The average Bonchev–Trinajstić information content (AvgIpc) is 3.14. The van der Waals surface area contributed by atoms with Gasteiger partial charge in [-0.15, -0.1) is 0 Å². The van der Waals surface area contributed by atoms with E-state index in [9.17, 15) is 28.1 Å². The van der Waals surface area contributed by atoms with E-state index in [0.29, 0.717) is 12.1 Å². The molecule has 10 nitrogen and oxygen atoms in total. The van der Waals surface area contributed by atoms with Crippen molar-refractivity contribution in [3.05, 3.63) is 33.2 Å². The first-order chi connectivity index (χ1) is 17.5. The van der Waals surface area contributed by atoms with E-state index < -0.39 is 45.4 Å². The topological polar surface area (TPSA) is 152 Å². The Hall–Kier alpha value is -2.71. The molecule has 1 unspecified atom stereocenters. The number of H-pyrrole nitrogens is 1. The number of likely N-dealkylation sites (tertiary alicyclic amines) is 1. The van der Waals surface area contributed by atoms with Crippen LogP contribution in [-0.4, -0.2) is 61.0 Å². The van der Waals surface area contributed by atoms with E-state index in [-0.39, 0.29) is 29.2 Å². The fraction of sp³-hybridized carbons (Fsp3) is 0.704. The van der Waals surface area contributed by atoms with E-state index >= 15 is 0 Å². The summed E-state index contributed by atoms with van der Waals surface area (Å²) in [4.78, 5) is 44.4. The zero-order valence-corrected chi connectivity index (χ0v) is 23.9. The molecule has 2 amide bonds. The van der Waals surface area contributed by atoms with Gasteiger partial charge in [0.1, 0.15) is 18.1 Å². The van der Waals surface area contributed by atoms with Crippen LogP contribution in [0, 0.1) is 34.0 Å². The number of rotatable bonds is 7. The third-order valence-corrected chi connectivity index (χ3v) is 9.18. The number of hydrogen-bond donors (Lipinski definition) is 3. The van der Waals surface area contributed by atoms with Crippen molar-refractivity contribution in [2.24, 2.45) is 22.7 Å². The van der Waals surface area contributed by atoms with Gasteiger partial charge < -0.3 is 15.2 Å². The van der Waals surface area contributed by atoms with E-state index in [1.165, 1.54) is 4.90 Å². The molecule has 2 heterocycles. The molecule has 0 spiro atoms. The molecule has 1 aromatic heterocycles. The van der Waals surface area contributed by atoms with Gasteiger partial charge in [-0.3, -0.25) is 14.4 Å². The summed E-state index contributed by atoms with van der Waals surface area (Å²) in [6.45, 7) is 9.75. The molecule has 38 heavy (non-hydrogen) atoms. The number of piperidine rings is 1. The summed E-state index contributed by atoms with van der Waals surface area (Å²) in [6, 6.07) is 1.13. The van der Waals surface area contributed by atoms with Crippen LogP contribution >= 0.6 is 0 Å². The number of aromatic nitrogens is 1. The number of aryl methyl sites for hydroxylation is 2. The predicted octanol–water partition coefficient (Wildman–Crippen LogP) is 1.25. The van der Waals surface area contributed by atoms with Gasteiger partial charge in [0.15, 0.2) is 0 Å². The van der Waals surface area contributed by atoms with Crippen molar-refractivity contribution >= 4 is 21.8 Å². The van der Waals surface area contributed by atoms with Crippen molar-refractivity contribution in [2.45, 2.75) is 84.8 Å². The van der Waals surface area contributed by atoms with Crippen LogP contribution < -0.4 is 15.6 Å². The van der Waals surface area contributed by atoms with Crippen LogP contribution in [0.1, 0.15) is 64.3 Å². The van der Waals surface area contributed by atoms with Gasteiger partial charge >= 0.3 is 0 Å². The van der Waals surface area contributed by atoms with Gasteiger partial charge in [-0.2, -0.15) is 5.26 Å². The number of hydrogen-bond acceptors (Lipinski definition) is 6. The van der Waals surface area contributed by atoms with Gasteiger partial charge in [-0.05, 0) is 60.0 Å². The number of sulfonamides is 1. The number of aromatic amines is 1. The van der Waals surface area contributed by atoms with Crippen LogP contribution in [0.3, 0.4) is 0 Å².